The van der Waals surface area contributed by atoms with Crippen LogP contribution < -0.4 is 9.47 Å². The lowest BCUT2D eigenvalue weighted by atomic mass is 9.94. The van der Waals surface area contributed by atoms with E-state index in [1.807, 2.05) is 51.9 Å². The molecular formula is C26H31BrN2O5. The van der Waals surface area contributed by atoms with E-state index in [4.69, 9.17) is 9.47 Å². The third-order valence-electron chi connectivity index (χ3n) is 5.64. The summed E-state index contributed by atoms with van der Waals surface area (Å²) >= 11 is 3.46. The van der Waals surface area contributed by atoms with Crippen LogP contribution in [-0.2, 0) is 9.59 Å². The van der Waals surface area contributed by atoms with Crippen molar-refractivity contribution in [3.8, 4) is 11.5 Å². The lowest BCUT2D eigenvalue weighted by molar-refractivity contribution is -0.140. The minimum Gasteiger partial charge on any atom is -0.507 e. The standard InChI is InChI=1S/C26H31BrN2O5/c1-6-33-20-11-9-17(15-21(20)34-7-2)23-22(24(30)18-8-10-19(27)16(3)14-18)25(31)26(32)29(23)13-12-28(4)5/h8-11,14-15,23,30H,6-7,12-13H2,1-5H3/b24-22-. The molecule has 7 nitrogen and oxygen atoms in total. The molecule has 1 saturated heterocycles. The van der Waals surface area contributed by atoms with Gasteiger partial charge in [-0.15, -0.1) is 0 Å². The lowest BCUT2D eigenvalue weighted by Gasteiger charge is -2.27. The predicted molar refractivity (Wildman–Crippen MR) is 135 cm³/mol. The maximum atomic E-state index is 13.2. The Labute approximate surface area is 209 Å². The normalized spacial score (nSPS) is 17.5. The van der Waals surface area contributed by atoms with E-state index in [9.17, 15) is 14.7 Å². The van der Waals surface area contributed by atoms with Gasteiger partial charge in [-0.05, 0) is 70.3 Å². The van der Waals surface area contributed by atoms with Gasteiger partial charge in [-0.2, -0.15) is 0 Å². The van der Waals surface area contributed by atoms with Crippen molar-refractivity contribution >= 4 is 33.4 Å². The molecule has 1 fully saturated rings. The molecule has 34 heavy (non-hydrogen) atoms. The quantitative estimate of drug-likeness (QED) is 0.291. The number of carbonyl (C=O) groups excluding carboxylic acids is 2. The number of carbonyl (C=O) groups is 2. The van der Waals surface area contributed by atoms with Crippen LogP contribution in [-0.4, -0.2) is 67.0 Å². The van der Waals surface area contributed by atoms with Gasteiger partial charge in [-0.1, -0.05) is 28.1 Å². The highest BCUT2D eigenvalue weighted by molar-refractivity contribution is 9.10. The molecule has 0 aliphatic carbocycles. The van der Waals surface area contributed by atoms with Crippen molar-refractivity contribution in [1.29, 1.82) is 0 Å². The zero-order valence-electron chi connectivity index (χ0n) is 20.2. The summed E-state index contributed by atoms with van der Waals surface area (Å²) in [7, 11) is 3.81. The molecule has 2 aromatic carbocycles. The number of likely N-dealkylation sites (N-methyl/N-ethyl adjacent to an activating group) is 1. The number of Topliss-reactive ketones (excluding diaryl/α,β-unsaturated/α-hetero) is 1. The maximum Gasteiger partial charge on any atom is 0.295 e. The second-order valence-corrected chi connectivity index (χ2v) is 9.19. The minimum absolute atomic E-state index is 0.0667. The summed E-state index contributed by atoms with van der Waals surface area (Å²) in [5.41, 5.74) is 2.12. The van der Waals surface area contributed by atoms with Gasteiger partial charge in [0.2, 0.25) is 0 Å². The van der Waals surface area contributed by atoms with Crippen LogP contribution in [0.1, 0.15) is 36.6 Å². The number of hydrogen-bond acceptors (Lipinski definition) is 6. The Balaban J connectivity index is 2.19. The number of benzene rings is 2. The summed E-state index contributed by atoms with van der Waals surface area (Å²) < 4.78 is 12.3. The summed E-state index contributed by atoms with van der Waals surface area (Å²) in [6.45, 7) is 7.47. The molecule has 2 aromatic rings. The van der Waals surface area contributed by atoms with Crippen LogP contribution in [0, 0.1) is 6.92 Å². The van der Waals surface area contributed by atoms with Crippen LogP contribution in [0.3, 0.4) is 0 Å². The monoisotopic (exact) mass is 530 g/mol. The number of hydrogen-bond donors (Lipinski definition) is 1. The third kappa shape index (κ3) is 5.28. The van der Waals surface area contributed by atoms with E-state index >= 15 is 0 Å². The van der Waals surface area contributed by atoms with Gasteiger partial charge >= 0.3 is 0 Å². The topological polar surface area (TPSA) is 79.3 Å². The molecule has 182 valence electrons. The Morgan fingerprint density at radius 3 is 2.35 bits per heavy atom. The first-order chi connectivity index (χ1) is 16.2. The van der Waals surface area contributed by atoms with Crippen molar-refractivity contribution in [3.05, 3.63) is 63.1 Å². The van der Waals surface area contributed by atoms with Gasteiger partial charge in [0.05, 0.1) is 24.8 Å². The average Bonchev–Trinajstić information content (AvgIpc) is 3.05. The fourth-order valence-electron chi connectivity index (χ4n) is 3.95. The molecular weight excluding hydrogens is 500 g/mol. The SMILES string of the molecule is CCOc1ccc(C2/C(=C(/O)c3ccc(Br)c(C)c3)C(=O)C(=O)N2CCN(C)C)cc1OCC. The summed E-state index contributed by atoms with van der Waals surface area (Å²) in [4.78, 5) is 29.8. The molecule has 1 amide bonds. The molecule has 3 rings (SSSR count). The van der Waals surface area contributed by atoms with E-state index in [0.717, 1.165) is 10.0 Å². The highest BCUT2D eigenvalue weighted by Crippen LogP contribution is 2.42. The Morgan fingerprint density at radius 1 is 1.06 bits per heavy atom. The number of nitrogens with zero attached hydrogens (tertiary/aromatic N) is 2. The largest absolute Gasteiger partial charge is 0.507 e. The fourth-order valence-corrected chi connectivity index (χ4v) is 4.20. The van der Waals surface area contributed by atoms with E-state index in [0.29, 0.717) is 48.9 Å². The molecule has 8 heteroatoms. The number of rotatable bonds is 9. The fraction of sp³-hybridized carbons (Fsp3) is 0.385. The van der Waals surface area contributed by atoms with Gasteiger partial charge in [-0.3, -0.25) is 9.59 Å². The second kappa shape index (κ2) is 11.1. The third-order valence-corrected chi connectivity index (χ3v) is 6.53. The summed E-state index contributed by atoms with van der Waals surface area (Å²) in [5.74, 6) is -0.415. The molecule has 1 atom stereocenters. The second-order valence-electron chi connectivity index (χ2n) is 8.33. The van der Waals surface area contributed by atoms with Gasteiger partial charge < -0.3 is 24.4 Å². The number of aliphatic hydroxyl groups excluding tert-OH is 1. The molecule has 0 radical (unpaired) electrons. The minimum atomic E-state index is -0.751. The highest BCUT2D eigenvalue weighted by Gasteiger charge is 2.46. The number of amides is 1. The molecule has 1 unspecified atom stereocenters. The van der Waals surface area contributed by atoms with E-state index < -0.39 is 17.7 Å². The smallest absolute Gasteiger partial charge is 0.295 e. The average molecular weight is 531 g/mol. The van der Waals surface area contributed by atoms with E-state index in [2.05, 4.69) is 15.9 Å². The van der Waals surface area contributed by atoms with Crippen molar-refractivity contribution < 1.29 is 24.2 Å². The summed E-state index contributed by atoms with van der Waals surface area (Å²) in [6, 6.07) is 9.94. The highest BCUT2D eigenvalue weighted by atomic mass is 79.9. The van der Waals surface area contributed by atoms with Gasteiger partial charge in [0.25, 0.3) is 11.7 Å². The number of aliphatic hydroxyl groups is 1. The Morgan fingerprint density at radius 2 is 1.74 bits per heavy atom. The first-order valence-corrected chi connectivity index (χ1v) is 12.1. The Bertz CT molecular complexity index is 1110. The van der Waals surface area contributed by atoms with Crippen LogP contribution in [0.15, 0.2) is 46.4 Å². The Hall–Kier alpha value is -2.84. The van der Waals surface area contributed by atoms with Gasteiger partial charge in [0.15, 0.2) is 11.5 Å². The van der Waals surface area contributed by atoms with Crippen LogP contribution in [0.5, 0.6) is 11.5 Å². The number of ketones is 1. The first kappa shape index (κ1) is 25.8. The Kier molecular flexibility index (Phi) is 8.38. The van der Waals surface area contributed by atoms with E-state index in [1.165, 1.54) is 4.90 Å². The van der Waals surface area contributed by atoms with Crippen molar-refractivity contribution in [2.24, 2.45) is 0 Å². The maximum absolute atomic E-state index is 13.2. The molecule has 0 aromatic heterocycles. The summed E-state index contributed by atoms with van der Waals surface area (Å²) in [5, 5.41) is 11.3. The number of halogens is 1. The predicted octanol–water partition coefficient (Wildman–Crippen LogP) is 4.54. The summed E-state index contributed by atoms with van der Waals surface area (Å²) in [6.07, 6.45) is 0. The molecule has 0 saturated carbocycles. The van der Waals surface area contributed by atoms with Gasteiger partial charge in [0, 0.05) is 23.1 Å². The first-order valence-electron chi connectivity index (χ1n) is 11.3. The van der Waals surface area contributed by atoms with Crippen molar-refractivity contribution in [2.75, 3.05) is 40.4 Å². The van der Waals surface area contributed by atoms with Crippen LogP contribution in [0.2, 0.25) is 0 Å². The van der Waals surface area contributed by atoms with Crippen LogP contribution in [0.25, 0.3) is 5.76 Å². The number of aryl methyl sites for hydroxylation is 1. The lowest BCUT2D eigenvalue weighted by Crippen LogP contribution is -2.35. The van der Waals surface area contributed by atoms with Crippen LogP contribution in [0.4, 0.5) is 0 Å². The zero-order chi connectivity index (χ0) is 25.0. The molecule has 1 heterocycles. The molecule has 1 aliphatic rings. The zero-order valence-corrected chi connectivity index (χ0v) is 21.8. The number of likely N-dealkylation sites (tertiary alicyclic amines) is 1. The molecule has 0 spiro atoms. The molecule has 1 N–H and O–H groups in total. The van der Waals surface area contributed by atoms with Crippen molar-refractivity contribution in [2.45, 2.75) is 26.8 Å². The van der Waals surface area contributed by atoms with Crippen molar-refractivity contribution in [3.63, 3.8) is 0 Å². The van der Waals surface area contributed by atoms with Crippen molar-refractivity contribution in [1.82, 2.24) is 9.80 Å². The van der Waals surface area contributed by atoms with E-state index in [1.54, 1.807) is 24.3 Å². The molecule has 0 bridgehead atoms. The van der Waals surface area contributed by atoms with Gasteiger partial charge in [-0.25, -0.2) is 0 Å². The van der Waals surface area contributed by atoms with Gasteiger partial charge in [0.1, 0.15) is 5.76 Å². The van der Waals surface area contributed by atoms with Crippen LogP contribution >= 0.6 is 15.9 Å². The van der Waals surface area contributed by atoms with E-state index in [-0.39, 0.29) is 11.3 Å². The molecule has 1 aliphatic heterocycles. The number of ether oxygens (including phenoxy) is 2.